The zero-order chi connectivity index (χ0) is 12.2. The van der Waals surface area contributed by atoms with Crippen LogP contribution in [0.25, 0.3) is 0 Å². The monoisotopic (exact) mass is 217 g/mol. The molecule has 1 amide bonds. The Morgan fingerprint density at radius 2 is 1.88 bits per heavy atom. The summed E-state index contributed by atoms with van der Waals surface area (Å²) in [5, 5.41) is 2.97. The average Bonchev–Trinajstić information content (AvgIpc) is 2.17. The van der Waals surface area contributed by atoms with Crippen molar-refractivity contribution in [3.8, 4) is 0 Å². The first kappa shape index (κ1) is 12.5. The first-order valence-electron chi connectivity index (χ1n) is 5.43. The number of amides is 1. The number of hydrogen-bond donors (Lipinski definition) is 1. The number of carbonyl (C=O) groups excluding carboxylic acids is 1. The number of benzene rings is 1. The van der Waals surface area contributed by atoms with E-state index in [4.69, 9.17) is 0 Å². The van der Waals surface area contributed by atoms with Gasteiger partial charge in [0.1, 0.15) is 0 Å². The molecule has 16 heavy (non-hydrogen) atoms. The molecule has 0 saturated heterocycles. The van der Waals surface area contributed by atoms with Crippen molar-refractivity contribution in [1.82, 2.24) is 5.32 Å². The molecule has 0 aromatic heterocycles. The number of hydrogen-bond acceptors (Lipinski definition) is 1. The summed E-state index contributed by atoms with van der Waals surface area (Å²) in [6, 6.07) is 10.1. The van der Waals surface area contributed by atoms with Crippen molar-refractivity contribution in [2.75, 3.05) is 0 Å². The van der Waals surface area contributed by atoms with E-state index in [1.807, 2.05) is 32.0 Å². The summed E-state index contributed by atoms with van der Waals surface area (Å²) >= 11 is 0. The summed E-state index contributed by atoms with van der Waals surface area (Å²) in [6.45, 7) is 9.38. The summed E-state index contributed by atoms with van der Waals surface area (Å²) in [5.74, 6) is -0.0825. The summed E-state index contributed by atoms with van der Waals surface area (Å²) in [6.07, 6.45) is 0.812. The fourth-order valence-electron chi connectivity index (χ4n) is 1.56. The molecule has 0 aliphatic rings. The Morgan fingerprint density at radius 1 is 1.31 bits per heavy atom. The lowest BCUT2D eigenvalue weighted by molar-refractivity contribution is -0.118. The van der Waals surface area contributed by atoms with Gasteiger partial charge >= 0.3 is 0 Å². The normalized spacial score (nSPS) is 10.9. The van der Waals surface area contributed by atoms with Gasteiger partial charge in [-0.3, -0.25) is 4.79 Å². The molecule has 86 valence electrons. The predicted octanol–water partition coefficient (Wildman–Crippen LogP) is 2.70. The van der Waals surface area contributed by atoms with Crippen LogP contribution in [0, 0.1) is 0 Å². The van der Waals surface area contributed by atoms with E-state index in [0.717, 1.165) is 6.42 Å². The molecular formula is C14H19NO. The van der Waals surface area contributed by atoms with Crippen molar-refractivity contribution in [3.05, 3.63) is 48.0 Å². The van der Waals surface area contributed by atoms with Crippen LogP contribution >= 0.6 is 0 Å². The minimum absolute atomic E-state index is 0.0825. The Morgan fingerprint density at radius 3 is 2.38 bits per heavy atom. The largest absolute Gasteiger partial charge is 0.347 e. The van der Waals surface area contributed by atoms with Crippen LogP contribution in [0.2, 0.25) is 0 Å². The van der Waals surface area contributed by atoms with E-state index < -0.39 is 0 Å². The van der Waals surface area contributed by atoms with E-state index >= 15 is 0 Å². The molecule has 0 aliphatic carbocycles. The highest BCUT2D eigenvalue weighted by molar-refractivity contribution is 5.92. The number of carbonyl (C=O) groups is 1. The highest BCUT2D eigenvalue weighted by Crippen LogP contribution is 2.12. The molecule has 0 fully saturated rings. The Balaban J connectivity index is 2.65. The molecule has 0 spiro atoms. The zero-order valence-electron chi connectivity index (χ0n) is 10.2. The molecule has 0 unspecified atom stereocenters. The number of nitrogens with one attached hydrogen (secondary N) is 1. The van der Waals surface area contributed by atoms with Crippen molar-refractivity contribution >= 4 is 5.91 Å². The van der Waals surface area contributed by atoms with Crippen molar-refractivity contribution in [3.63, 3.8) is 0 Å². The van der Waals surface area contributed by atoms with Crippen LogP contribution in [0.3, 0.4) is 0 Å². The van der Waals surface area contributed by atoms with Crippen molar-refractivity contribution in [2.45, 2.75) is 32.7 Å². The third kappa shape index (κ3) is 3.89. The molecule has 0 atom stereocenters. The lowest BCUT2D eigenvalue weighted by Crippen LogP contribution is -2.45. The maximum Gasteiger partial charge on any atom is 0.246 e. The van der Waals surface area contributed by atoms with Gasteiger partial charge in [0, 0.05) is 11.1 Å². The van der Waals surface area contributed by atoms with Crippen molar-refractivity contribution < 1.29 is 4.79 Å². The molecule has 1 aromatic rings. The van der Waals surface area contributed by atoms with Gasteiger partial charge in [0.05, 0.1) is 0 Å². The molecule has 0 saturated carbocycles. The third-order valence-electron chi connectivity index (χ3n) is 2.33. The molecule has 1 aromatic carbocycles. The Bertz CT molecular complexity index is 379. The lowest BCUT2D eigenvalue weighted by Gasteiger charge is -2.26. The molecule has 0 bridgehead atoms. The van der Waals surface area contributed by atoms with Crippen molar-refractivity contribution in [2.24, 2.45) is 0 Å². The summed E-state index contributed by atoms with van der Waals surface area (Å²) in [7, 11) is 0. The second-order valence-corrected chi connectivity index (χ2v) is 4.78. The number of rotatable bonds is 4. The quantitative estimate of drug-likeness (QED) is 0.772. The van der Waals surface area contributed by atoms with Crippen LogP contribution in [-0.2, 0) is 11.2 Å². The topological polar surface area (TPSA) is 29.1 Å². The van der Waals surface area contributed by atoms with Gasteiger partial charge in [-0.2, -0.15) is 0 Å². The Kier molecular flexibility index (Phi) is 3.88. The predicted molar refractivity (Wildman–Crippen MR) is 67.2 cm³/mol. The first-order chi connectivity index (χ1) is 7.41. The highest BCUT2D eigenvalue weighted by Gasteiger charge is 2.20. The van der Waals surface area contributed by atoms with Gasteiger partial charge in [-0.05, 0) is 32.8 Å². The maximum atomic E-state index is 11.5. The van der Waals surface area contributed by atoms with E-state index in [0.29, 0.717) is 5.57 Å². The second kappa shape index (κ2) is 4.97. The first-order valence-corrected chi connectivity index (χ1v) is 5.43. The van der Waals surface area contributed by atoms with Crippen LogP contribution in [0.1, 0.15) is 26.3 Å². The van der Waals surface area contributed by atoms with E-state index in [9.17, 15) is 4.79 Å². The molecular weight excluding hydrogens is 198 g/mol. The fraction of sp³-hybridized carbons (Fsp3) is 0.357. The zero-order valence-corrected chi connectivity index (χ0v) is 10.2. The minimum Gasteiger partial charge on any atom is -0.347 e. The summed E-state index contributed by atoms with van der Waals surface area (Å²) < 4.78 is 0. The minimum atomic E-state index is -0.253. The molecule has 2 nitrogen and oxygen atoms in total. The van der Waals surface area contributed by atoms with Gasteiger partial charge in [-0.1, -0.05) is 36.9 Å². The van der Waals surface area contributed by atoms with Gasteiger partial charge in [0.2, 0.25) is 5.91 Å². The lowest BCUT2D eigenvalue weighted by atomic mass is 9.94. The van der Waals surface area contributed by atoms with Crippen LogP contribution in [0.4, 0.5) is 0 Å². The van der Waals surface area contributed by atoms with E-state index in [1.54, 1.807) is 6.92 Å². The standard InChI is InChI=1S/C14H19NO/c1-11(2)13(16)15-14(3,4)10-12-8-6-5-7-9-12/h5-9H,1,10H2,2-4H3,(H,15,16). The molecule has 1 N–H and O–H groups in total. The molecule has 1 rings (SSSR count). The Labute approximate surface area is 97.4 Å². The highest BCUT2D eigenvalue weighted by atomic mass is 16.1. The van der Waals surface area contributed by atoms with Crippen molar-refractivity contribution in [1.29, 1.82) is 0 Å². The third-order valence-corrected chi connectivity index (χ3v) is 2.33. The van der Waals surface area contributed by atoms with Gasteiger partial charge < -0.3 is 5.32 Å². The van der Waals surface area contributed by atoms with E-state index in [2.05, 4.69) is 24.0 Å². The van der Waals surface area contributed by atoms with E-state index in [-0.39, 0.29) is 11.4 Å². The smallest absolute Gasteiger partial charge is 0.246 e. The molecule has 0 aliphatic heterocycles. The summed E-state index contributed by atoms with van der Waals surface area (Å²) in [5.41, 5.74) is 1.51. The second-order valence-electron chi connectivity index (χ2n) is 4.78. The maximum absolute atomic E-state index is 11.5. The SMILES string of the molecule is C=C(C)C(=O)NC(C)(C)Cc1ccccc1. The van der Waals surface area contributed by atoms with Gasteiger partial charge in [0.15, 0.2) is 0 Å². The Hall–Kier alpha value is -1.57. The van der Waals surface area contributed by atoms with Gasteiger partial charge in [-0.15, -0.1) is 0 Å². The van der Waals surface area contributed by atoms with Crippen LogP contribution in [0.15, 0.2) is 42.5 Å². The summed E-state index contributed by atoms with van der Waals surface area (Å²) in [4.78, 5) is 11.5. The molecule has 0 radical (unpaired) electrons. The average molecular weight is 217 g/mol. The van der Waals surface area contributed by atoms with Crippen LogP contribution in [-0.4, -0.2) is 11.4 Å². The molecule has 2 heteroatoms. The fourth-order valence-corrected chi connectivity index (χ4v) is 1.56. The van der Waals surface area contributed by atoms with Gasteiger partial charge in [0.25, 0.3) is 0 Å². The van der Waals surface area contributed by atoms with Gasteiger partial charge in [-0.25, -0.2) is 0 Å². The van der Waals surface area contributed by atoms with Crippen LogP contribution < -0.4 is 5.32 Å². The molecule has 0 heterocycles. The van der Waals surface area contributed by atoms with E-state index in [1.165, 1.54) is 5.56 Å². The van der Waals surface area contributed by atoms with Crippen LogP contribution in [0.5, 0.6) is 0 Å².